The number of carbonyl (C=O) groups excluding carboxylic acids is 1. The summed E-state index contributed by atoms with van der Waals surface area (Å²) in [6, 6.07) is 4.32. The Hall–Kier alpha value is -1.55. The smallest absolute Gasteiger partial charge is 0.315 e. The minimum absolute atomic E-state index is 0.130. The molecular formula is C17H19F3N2O3S2. The van der Waals surface area contributed by atoms with E-state index < -0.39 is 38.8 Å². The van der Waals surface area contributed by atoms with E-state index in [0.717, 1.165) is 24.2 Å². The molecule has 0 spiro atoms. The molecule has 1 amide bonds. The van der Waals surface area contributed by atoms with E-state index in [0.29, 0.717) is 6.42 Å². The number of anilines is 1. The second kappa shape index (κ2) is 7.46. The lowest BCUT2D eigenvalue weighted by atomic mass is 10.1. The van der Waals surface area contributed by atoms with E-state index in [2.05, 4.69) is 4.99 Å². The lowest BCUT2D eigenvalue weighted by molar-refractivity contribution is -0.137. The van der Waals surface area contributed by atoms with Crippen molar-refractivity contribution in [1.29, 1.82) is 0 Å². The fraction of sp³-hybridized carbons (Fsp3) is 0.529. The molecule has 2 saturated heterocycles. The highest BCUT2D eigenvalue weighted by atomic mass is 32.2. The van der Waals surface area contributed by atoms with Crippen molar-refractivity contribution in [3.63, 3.8) is 0 Å². The highest BCUT2D eigenvalue weighted by molar-refractivity contribution is 8.16. The van der Waals surface area contributed by atoms with E-state index in [4.69, 9.17) is 0 Å². The zero-order chi connectivity index (χ0) is 19.8. The number of thioether (sulfide) groups is 1. The van der Waals surface area contributed by atoms with Crippen LogP contribution in [-0.2, 0) is 20.8 Å². The summed E-state index contributed by atoms with van der Waals surface area (Å²) < 4.78 is 64.5. The van der Waals surface area contributed by atoms with Gasteiger partial charge in [0, 0.05) is 11.7 Å². The van der Waals surface area contributed by atoms with Gasteiger partial charge in [-0.3, -0.25) is 4.79 Å². The molecule has 5 nitrogen and oxygen atoms in total. The molecule has 2 fully saturated rings. The summed E-state index contributed by atoms with van der Waals surface area (Å²) in [6.07, 6.45) is -2.95. The summed E-state index contributed by atoms with van der Waals surface area (Å²) in [5.74, 6) is -0.787. The van der Waals surface area contributed by atoms with Gasteiger partial charge in [-0.2, -0.15) is 18.2 Å². The van der Waals surface area contributed by atoms with Gasteiger partial charge < -0.3 is 4.90 Å². The molecule has 1 aromatic carbocycles. The highest BCUT2D eigenvalue weighted by Crippen LogP contribution is 2.45. The van der Waals surface area contributed by atoms with Crippen molar-refractivity contribution in [3.05, 3.63) is 29.8 Å². The molecule has 0 radical (unpaired) electrons. The van der Waals surface area contributed by atoms with Crippen LogP contribution in [-0.4, -0.2) is 42.3 Å². The summed E-state index contributed by atoms with van der Waals surface area (Å²) in [5, 5.41) is -0.285. The van der Waals surface area contributed by atoms with Crippen molar-refractivity contribution in [1.82, 2.24) is 0 Å². The second-order valence-corrected chi connectivity index (χ2v) is 9.94. The number of unbranched alkanes of at least 4 members (excludes halogenated alkanes) is 1. The van der Waals surface area contributed by atoms with Gasteiger partial charge in [-0.1, -0.05) is 37.2 Å². The number of hydrogen-bond donors (Lipinski definition) is 0. The molecule has 2 atom stereocenters. The maximum absolute atomic E-state index is 13.5. The number of halogens is 3. The third-order valence-corrected chi connectivity index (χ3v) is 7.71. The van der Waals surface area contributed by atoms with Crippen molar-refractivity contribution in [2.75, 3.05) is 16.4 Å². The van der Waals surface area contributed by atoms with Crippen molar-refractivity contribution < 1.29 is 26.4 Å². The molecule has 0 bridgehead atoms. The third kappa shape index (κ3) is 4.31. The van der Waals surface area contributed by atoms with Gasteiger partial charge in [-0.25, -0.2) is 8.42 Å². The van der Waals surface area contributed by atoms with Crippen LogP contribution in [0, 0.1) is 0 Å². The number of sulfone groups is 1. The van der Waals surface area contributed by atoms with Gasteiger partial charge in [0.2, 0.25) is 5.91 Å². The molecule has 0 saturated carbocycles. The zero-order valence-corrected chi connectivity index (χ0v) is 16.2. The van der Waals surface area contributed by atoms with Crippen LogP contribution < -0.4 is 4.90 Å². The van der Waals surface area contributed by atoms with Gasteiger partial charge in [0.25, 0.3) is 0 Å². The number of alkyl halides is 3. The molecule has 1 aromatic rings. The quantitative estimate of drug-likeness (QED) is 0.746. The van der Waals surface area contributed by atoms with Crippen molar-refractivity contribution >= 4 is 38.4 Å². The predicted octanol–water partition coefficient (Wildman–Crippen LogP) is 3.50. The van der Waals surface area contributed by atoms with Crippen LogP contribution >= 0.6 is 11.8 Å². The molecular weight excluding hydrogens is 401 g/mol. The van der Waals surface area contributed by atoms with Crippen LogP contribution in [0.5, 0.6) is 0 Å². The highest BCUT2D eigenvalue weighted by Gasteiger charge is 2.51. The first-order chi connectivity index (χ1) is 12.6. The number of carbonyl (C=O) groups is 1. The Morgan fingerprint density at radius 3 is 2.67 bits per heavy atom. The topological polar surface area (TPSA) is 66.8 Å². The maximum Gasteiger partial charge on any atom is 0.418 e. The van der Waals surface area contributed by atoms with Crippen LogP contribution in [0.4, 0.5) is 18.9 Å². The molecule has 0 aliphatic carbocycles. The molecule has 2 heterocycles. The Labute approximate surface area is 159 Å². The first-order valence-corrected chi connectivity index (χ1v) is 11.3. The molecule has 2 unspecified atom stereocenters. The molecule has 2 aliphatic heterocycles. The number of benzene rings is 1. The zero-order valence-electron chi connectivity index (χ0n) is 14.6. The van der Waals surface area contributed by atoms with E-state index in [-0.39, 0.29) is 28.8 Å². The van der Waals surface area contributed by atoms with Crippen molar-refractivity contribution in [2.24, 2.45) is 4.99 Å². The number of fused-ring (bicyclic) bond motifs is 1. The van der Waals surface area contributed by atoms with Crippen LogP contribution in [0.15, 0.2) is 29.3 Å². The number of amidine groups is 1. The lowest BCUT2D eigenvalue weighted by Gasteiger charge is -2.27. The molecule has 148 valence electrons. The molecule has 0 N–H and O–H groups in total. The minimum Gasteiger partial charge on any atom is -0.315 e. The van der Waals surface area contributed by atoms with Gasteiger partial charge in [-0.05, 0) is 18.6 Å². The number of hydrogen-bond acceptors (Lipinski definition) is 4. The number of rotatable bonds is 4. The Bertz CT molecular complexity index is 868. The van der Waals surface area contributed by atoms with E-state index >= 15 is 0 Å². The Kier molecular flexibility index (Phi) is 5.58. The van der Waals surface area contributed by atoms with E-state index in [1.165, 1.54) is 23.1 Å². The summed E-state index contributed by atoms with van der Waals surface area (Å²) in [4.78, 5) is 17.4. The first kappa shape index (κ1) is 20.2. The lowest BCUT2D eigenvalue weighted by Crippen LogP contribution is -2.39. The first-order valence-electron chi connectivity index (χ1n) is 8.56. The van der Waals surface area contributed by atoms with Crippen molar-refractivity contribution in [2.45, 2.75) is 43.7 Å². The molecule has 3 rings (SSSR count). The molecule has 2 aliphatic rings. The summed E-state index contributed by atoms with van der Waals surface area (Å²) >= 11 is 1.08. The standard InChI is InChI=1S/C17H19F3N2O3S2/c1-2-3-8-15(23)21-16-22(13-9-27(24,25)10-14(13)26-16)12-7-5-4-6-11(12)17(18,19)20/h4-7,13-14H,2-3,8-10H2,1H3. The number of aliphatic imine (C=N–C) groups is 1. The average molecular weight is 420 g/mol. The summed E-state index contributed by atoms with van der Waals surface area (Å²) in [5.41, 5.74) is -1.03. The predicted molar refractivity (Wildman–Crippen MR) is 99.7 cm³/mol. The summed E-state index contributed by atoms with van der Waals surface area (Å²) in [6.45, 7) is 1.92. The fourth-order valence-corrected chi connectivity index (χ4v) is 7.18. The number of nitrogens with zero attached hydrogens (tertiary/aromatic N) is 2. The average Bonchev–Trinajstić information content (AvgIpc) is 3.02. The Balaban J connectivity index is 2.05. The van der Waals surface area contributed by atoms with Gasteiger partial charge >= 0.3 is 6.18 Å². The Morgan fingerprint density at radius 2 is 2.00 bits per heavy atom. The van der Waals surface area contributed by atoms with Gasteiger partial charge in [0.1, 0.15) is 0 Å². The van der Waals surface area contributed by atoms with Gasteiger partial charge in [0.05, 0.1) is 28.8 Å². The number of para-hydroxylation sites is 1. The normalized spacial score (nSPS) is 25.8. The van der Waals surface area contributed by atoms with Crippen LogP contribution in [0.2, 0.25) is 0 Å². The van der Waals surface area contributed by atoms with Gasteiger partial charge in [0.15, 0.2) is 15.0 Å². The van der Waals surface area contributed by atoms with Crippen molar-refractivity contribution in [3.8, 4) is 0 Å². The molecule has 10 heteroatoms. The molecule has 27 heavy (non-hydrogen) atoms. The fourth-order valence-electron chi connectivity index (χ4n) is 3.26. The SMILES string of the molecule is CCCCC(=O)N=C1SC2CS(=O)(=O)CC2N1c1ccccc1C(F)(F)F. The van der Waals surface area contributed by atoms with Gasteiger partial charge in [-0.15, -0.1) is 0 Å². The maximum atomic E-state index is 13.5. The number of amides is 1. The summed E-state index contributed by atoms with van der Waals surface area (Å²) in [7, 11) is -3.34. The molecule has 0 aromatic heterocycles. The van der Waals surface area contributed by atoms with Crippen LogP contribution in [0.3, 0.4) is 0 Å². The second-order valence-electron chi connectivity index (χ2n) is 6.58. The van der Waals surface area contributed by atoms with E-state index in [1.54, 1.807) is 0 Å². The van der Waals surface area contributed by atoms with E-state index in [9.17, 15) is 26.4 Å². The minimum atomic E-state index is -4.60. The van der Waals surface area contributed by atoms with Crippen LogP contribution in [0.1, 0.15) is 31.7 Å². The van der Waals surface area contributed by atoms with Crippen LogP contribution in [0.25, 0.3) is 0 Å². The Morgan fingerprint density at radius 1 is 1.30 bits per heavy atom. The monoisotopic (exact) mass is 420 g/mol. The third-order valence-electron chi connectivity index (χ3n) is 4.50. The largest absolute Gasteiger partial charge is 0.418 e. The van der Waals surface area contributed by atoms with E-state index in [1.807, 2.05) is 6.92 Å².